The zero-order chi connectivity index (χ0) is 15.9. The van der Waals surface area contributed by atoms with Crippen LogP contribution in [-0.2, 0) is 4.74 Å². The number of aromatic amines is 1. The first-order valence-corrected chi connectivity index (χ1v) is 8.08. The molecule has 0 spiro atoms. The highest BCUT2D eigenvalue weighted by atomic mass is 16.6. The number of hydrogen-bond acceptors (Lipinski definition) is 4. The quantitative estimate of drug-likeness (QED) is 0.880. The fraction of sp³-hybridized carbons (Fsp3) is 0.750. The van der Waals surface area contributed by atoms with E-state index < -0.39 is 5.60 Å². The molecule has 2 bridgehead atoms. The van der Waals surface area contributed by atoms with Gasteiger partial charge < -0.3 is 15.0 Å². The van der Waals surface area contributed by atoms with Crippen LogP contribution in [-0.4, -0.2) is 41.0 Å². The van der Waals surface area contributed by atoms with Crippen LogP contribution in [0, 0.1) is 18.8 Å². The predicted molar refractivity (Wildman–Crippen MR) is 84.9 cm³/mol. The Labute approximate surface area is 131 Å². The molecule has 22 heavy (non-hydrogen) atoms. The standard InChI is InChI=1S/C16H26N4O2/c1-10-13(7-17-19-10)20-8-11-5-6-12(9-20)14(11)18-15(21)22-16(2,3)4/h7,11-12,14H,5-6,8-9H2,1-4H3,(H,17,19)(H,18,21). The average Bonchev–Trinajstić information content (AvgIpc) is 2.89. The van der Waals surface area contributed by atoms with E-state index in [1.54, 1.807) is 0 Å². The first kappa shape index (κ1) is 15.2. The number of fused-ring (bicyclic) bond motifs is 2. The Morgan fingerprint density at radius 1 is 1.36 bits per heavy atom. The maximum atomic E-state index is 12.0. The van der Waals surface area contributed by atoms with Gasteiger partial charge in [-0.2, -0.15) is 5.10 Å². The third-order valence-electron chi connectivity index (χ3n) is 4.66. The maximum Gasteiger partial charge on any atom is 0.407 e. The van der Waals surface area contributed by atoms with E-state index in [2.05, 4.69) is 27.3 Å². The molecule has 2 N–H and O–H groups in total. The van der Waals surface area contributed by atoms with Gasteiger partial charge in [-0.3, -0.25) is 5.10 Å². The summed E-state index contributed by atoms with van der Waals surface area (Å²) in [6.07, 6.45) is 3.94. The number of aryl methyl sites for hydroxylation is 1. The minimum absolute atomic E-state index is 0.235. The van der Waals surface area contributed by atoms with Crippen LogP contribution in [0.25, 0.3) is 0 Å². The summed E-state index contributed by atoms with van der Waals surface area (Å²) in [7, 11) is 0. The monoisotopic (exact) mass is 306 g/mol. The van der Waals surface area contributed by atoms with Gasteiger partial charge in [0.1, 0.15) is 5.60 Å². The first-order valence-electron chi connectivity index (χ1n) is 8.08. The van der Waals surface area contributed by atoms with Crippen molar-refractivity contribution in [1.82, 2.24) is 15.5 Å². The lowest BCUT2D eigenvalue weighted by atomic mass is 9.92. The molecule has 1 saturated carbocycles. The summed E-state index contributed by atoms with van der Waals surface area (Å²) in [6, 6.07) is 0.235. The molecule has 6 nitrogen and oxygen atoms in total. The average molecular weight is 306 g/mol. The molecular formula is C16H26N4O2. The molecule has 6 heteroatoms. The normalized spacial score (nSPS) is 27.8. The van der Waals surface area contributed by atoms with Crippen molar-refractivity contribution in [2.45, 2.75) is 52.2 Å². The van der Waals surface area contributed by atoms with E-state index in [-0.39, 0.29) is 12.1 Å². The molecule has 2 unspecified atom stereocenters. The van der Waals surface area contributed by atoms with Crippen molar-refractivity contribution in [3.8, 4) is 0 Å². The number of H-pyrrole nitrogens is 1. The number of nitrogens with zero attached hydrogens (tertiary/aromatic N) is 2. The molecule has 1 amide bonds. The molecular weight excluding hydrogens is 280 g/mol. The molecule has 1 saturated heterocycles. The maximum absolute atomic E-state index is 12.0. The second-order valence-electron chi connectivity index (χ2n) is 7.55. The zero-order valence-corrected chi connectivity index (χ0v) is 13.8. The van der Waals surface area contributed by atoms with Crippen LogP contribution < -0.4 is 10.2 Å². The van der Waals surface area contributed by atoms with E-state index >= 15 is 0 Å². The number of anilines is 1. The number of piperidine rings is 1. The van der Waals surface area contributed by atoms with Crippen LogP contribution in [0.5, 0.6) is 0 Å². The van der Waals surface area contributed by atoms with Crippen molar-refractivity contribution >= 4 is 11.8 Å². The lowest BCUT2D eigenvalue weighted by Gasteiger charge is -2.39. The summed E-state index contributed by atoms with van der Waals surface area (Å²) in [5.41, 5.74) is 1.85. The van der Waals surface area contributed by atoms with Crippen molar-refractivity contribution in [2.75, 3.05) is 18.0 Å². The minimum Gasteiger partial charge on any atom is -0.444 e. The summed E-state index contributed by atoms with van der Waals surface area (Å²) in [5.74, 6) is 0.973. The molecule has 1 aliphatic carbocycles. The van der Waals surface area contributed by atoms with Crippen LogP contribution in [0.15, 0.2) is 6.20 Å². The van der Waals surface area contributed by atoms with Gasteiger partial charge in [-0.15, -0.1) is 0 Å². The largest absolute Gasteiger partial charge is 0.444 e. The van der Waals surface area contributed by atoms with Gasteiger partial charge in [0, 0.05) is 19.1 Å². The number of aromatic nitrogens is 2. The molecule has 2 atom stereocenters. The van der Waals surface area contributed by atoms with Gasteiger partial charge >= 0.3 is 6.09 Å². The number of carbonyl (C=O) groups is 1. The number of nitrogens with one attached hydrogen (secondary N) is 2. The van der Waals surface area contributed by atoms with Crippen molar-refractivity contribution in [1.29, 1.82) is 0 Å². The lowest BCUT2D eigenvalue weighted by molar-refractivity contribution is 0.0472. The lowest BCUT2D eigenvalue weighted by Crippen LogP contribution is -2.53. The van der Waals surface area contributed by atoms with Gasteiger partial charge in [0.05, 0.1) is 17.6 Å². The van der Waals surface area contributed by atoms with E-state index in [4.69, 9.17) is 4.74 Å². The molecule has 2 aliphatic rings. The van der Waals surface area contributed by atoms with Crippen molar-refractivity contribution in [3.63, 3.8) is 0 Å². The molecule has 0 aromatic carbocycles. The Morgan fingerprint density at radius 2 is 2.00 bits per heavy atom. The molecule has 1 aromatic rings. The number of carbonyl (C=O) groups excluding carboxylic acids is 1. The molecule has 0 radical (unpaired) electrons. The van der Waals surface area contributed by atoms with Crippen LogP contribution >= 0.6 is 0 Å². The van der Waals surface area contributed by atoms with Gasteiger partial charge in [0.2, 0.25) is 0 Å². The first-order chi connectivity index (χ1) is 10.3. The van der Waals surface area contributed by atoms with Crippen molar-refractivity contribution in [3.05, 3.63) is 11.9 Å². The van der Waals surface area contributed by atoms with E-state index in [0.717, 1.165) is 18.8 Å². The molecule has 3 rings (SSSR count). The second-order valence-corrected chi connectivity index (χ2v) is 7.55. The molecule has 1 aromatic heterocycles. The number of hydrogen-bond donors (Lipinski definition) is 2. The number of alkyl carbamates (subject to hydrolysis) is 1. The summed E-state index contributed by atoms with van der Waals surface area (Å²) >= 11 is 0. The number of amides is 1. The Bertz CT molecular complexity index is 535. The Morgan fingerprint density at radius 3 is 2.50 bits per heavy atom. The van der Waals surface area contributed by atoms with E-state index in [1.807, 2.05) is 27.0 Å². The Hall–Kier alpha value is -1.72. The number of rotatable bonds is 2. The topological polar surface area (TPSA) is 70.2 Å². The minimum atomic E-state index is -0.447. The summed E-state index contributed by atoms with van der Waals surface area (Å²) < 4.78 is 5.40. The molecule has 2 heterocycles. The van der Waals surface area contributed by atoms with Gasteiger partial charge in [-0.25, -0.2) is 4.79 Å². The highest BCUT2D eigenvalue weighted by molar-refractivity contribution is 5.68. The second kappa shape index (κ2) is 5.48. The SMILES string of the molecule is Cc1[nH]ncc1N1CC2CCC(C1)C2NC(=O)OC(C)(C)C. The summed E-state index contributed by atoms with van der Waals surface area (Å²) in [5, 5.41) is 10.2. The highest BCUT2D eigenvalue weighted by Gasteiger charge is 2.43. The highest BCUT2D eigenvalue weighted by Crippen LogP contribution is 2.39. The zero-order valence-electron chi connectivity index (χ0n) is 13.8. The third kappa shape index (κ3) is 3.05. The molecule has 2 fully saturated rings. The van der Waals surface area contributed by atoms with Gasteiger partial charge in [-0.1, -0.05) is 0 Å². The summed E-state index contributed by atoms with van der Waals surface area (Å²) in [6.45, 7) is 9.67. The smallest absolute Gasteiger partial charge is 0.407 e. The fourth-order valence-corrected chi connectivity index (χ4v) is 3.76. The van der Waals surface area contributed by atoms with Crippen molar-refractivity contribution < 1.29 is 9.53 Å². The number of ether oxygens (including phenoxy) is 1. The van der Waals surface area contributed by atoms with E-state index in [0.29, 0.717) is 11.8 Å². The van der Waals surface area contributed by atoms with E-state index in [9.17, 15) is 4.79 Å². The van der Waals surface area contributed by atoms with Gasteiger partial charge in [0.15, 0.2) is 0 Å². The predicted octanol–water partition coefficient (Wildman–Crippen LogP) is 2.46. The van der Waals surface area contributed by atoms with E-state index in [1.165, 1.54) is 18.5 Å². The summed E-state index contributed by atoms with van der Waals surface area (Å²) in [4.78, 5) is 14.4. The van der Waals surface area contributed by atoms with Crippen LogP contribution in [0.2, 0.25) is 0 Å². The van der Waals surface area contributed by atoms with Crippen molar-refractivity contribution in [2.24, 2.45) is 11.8 Å². The molecule has 122 valence electrons. The fourth-order valence-electron chi connectivity index (χ4n) is 3.76. The van der Waals surface area contributed by atoms with Crippen LogP contribution in [0.1, 0.15) is 39.3 Å². The Kier molecular flexibility index (Phi) is 3.78. The van der Waals surface area contributed by atoms with Gasteiger partial charge in [-0.05, 0) is 52.4 Å². The third-order valence-corrected chi connectivity index (χ3v) is 4.66. The van der Waals surface area contributed by atoms with Crippen LogP contribution in [0.3, 0.4) is 0 Å². The van der Waals surface area contributed by atoms with Crippen LogP contribution in [0.4, 0.5) is 10.5 Å². The Balaban J connectivity index is 1.64. The molecule has 1 aliphatic heterocycles. The van der Waals surface area contributed by atoms with Gasteiger partial charge in [0.25, 0.3) is 0 Å².